The Hall–Kier alpha value is -1.28. The summed E-state index contributed by atoms with van der Waals surface area (Å²) in [5.74, 6) is -0.187. The maximum absolute atomic E-state index is 11.4. The van der Waals surface area contributed by atoms with Gasteiger partial charge >= 0.3 is 6.03 Å². The number of amides is 3. The molecule has 0 aromatic carbocycles. The Morgan fingerprint density at radius 2 is 2.29 bits per heavy atom. The Kier molecular flexibility index (Phi) is 5.23. The van der Waals surface area contributed by atoms with Crippen LogP contribution in [0.2, 0.25) is 0 Å². The number of rotatable bonds is 4. The van der Waals surface area contributed by atoms with E-state index in [2.05, 4.69) is 15.6 Å². The second-order valence-electron chi connectivity index (χ2n) is 3.48. The molecule has 0 saturated heterocycles. The van der Waals surface area contributed by atoms with Gasteiger partial charge in [0.15, 0.2) is 5.13 Å². The summed E-state index contributed by atoms with van der Waals surface area (Å²) in [4.78, 5) is 26.4. The first-order chi connectivity index (χ1) is 7.97. The van der Waals surface area contributed by atoms with Crippen LogP contribution in [0.25, 0.3) is 0 Å². The van der Waals surface area contributed by atoms with Gasteiger partial charge in [0.1, 0.15) is 0 Å². The third-order valence-electron chi connectivity index (χ3n) is 1.52. The third kappa shape index (κ3) is 5.55. The molecule has 6 nitrogen and oxygen atoms in total. The molecule has 94 valence electrons. The summed E-state index contributed by atoms with van der Waals surface area (Å²) < 4.78 is 0.849. The summed E-state index contributed by atoms with van der Waals surface area (Å²) in [6.45, 7) is 3.64. The molecule has 1 aromatic rings. The van der Waals surface area contributed by atoms with Gasteiger partial charge in [-0.1, -0.05) is 11.3 Å². The lowest BCUT2D eigenvalue weighted by molar-refractivity contribution is -0.117. The molecular weight excluding hydrogens is 260 g/mol. The van der Waals surface area contributed by atoms with Gasteiger partial charge in [0.05, 0.1) is 16.2 Å². The standard InChI is InChI=1S/C9H14N4O2S2/c1-5(2)12-9(15)13-6(14)4-16-7-3-11-8(10)17-7/h3,5H,4H2,1-2H3,(H2,10,11)(H2,12,13,14,15). The number of urea groups is 1. The van der Waals surface area contributed by atoms with Crippen molar-refractivity contribution in [1.82, 2.24) is 15.6 Å². The van der Waals surface area contributed by atoms with Crippen LogP contribution in [0.5, 0.6) is 0 Å². The van der Waals surface area contributed by atoms with Crippen molar-refractivity contribution in [2.45, 2.75) is 24.1 Å². The number of nitrogens with zero attached hydrogens (tertiary/aromatic N) is 1. The van der Waals surface area contributed by atoms with E-state index in [1.807, 2.05) is 13.8 Å². The molecule has 0 atom stereocenters. The highest BCUT2D eigenvalue weighted by molar-refractivity contribution is 8.01. The normalized spacial score (nSPS) is 10.3. The molecule has 0 radical (unpaired) electrons. The van der Waals surface area contributed by atoms with Crippen molar-refractivity contribution >= 4 is 40.2 Å². The van der Waals surface area contributed by atoms with Gasteiger partial charge in [-0.25, -0.2) is 9.78 Å². The van der Waals surface area contributed by atoms with E-state index in [1.165, 1.54) is 23.1 Å². The summed E-state index contributed by atoms with van der Waals surface area (Å²) in [5.41, 5.74) is 5.45. The summed E-state index contributed by atoms with van der Waals surface area (Å²) in [5, 5.41) is 5.26. The molecule has 0 aliphatic rings. The van der Waals surface area contributed by atoms with E-state index in [4.69, 9.17) is 5.73 Å². The van der Waals surface area contributed by atoms with Crippen molar-refractivity contribution in [3.8, 4) is 0 Å². The minimum atomic E-state index is -0.477. The quantitative estimate of drug-likeness (QED) is 0.713. The lowest BCUT2D eigenvalue weighted by atomic mass is 10.4. The maximum atomic E-state index is 11.4. The number of imide groups is 1. The van der Waals surface area contributed by atoms with Gasteiger partial charge in [0.25, 0.3) is 0 Å². The number of carbonyl (C=O) groups excluding carboxylic acids is 2. The number of thiazole rings is 1. The first-order valence-corrected chi connectivity index (χ1v) is 6.72. The number of nitrogen functional groups attached to an aromatic ring is 1. The largest absolute Gasteiger partial charge is 0.375 e. The van der Waals surface area contributed by atoms with Crippen molar-refractivity contribution in [2.24, 2.45) is 0 Å². The Morgan fingerprint density at radius 1 is 1.59 bits per heavy atom. The summed E-state index contributed by atoms with van der Waals surface area (Å²) in [7, 11) is 0. The molecule has 4 N–H and O–H groups in total. The summed E-state index contributed by atoms with van der Waals surface area (Å²) in [6.07, 6.45) is 1.60. The lowest BCUT2D eigenvalue weighted by Gasteiger charge is -2.08. The van der Waals surface area contributed by atoms with E-state index in [0.29, 0.717) is 5.13 Å². The number of thioether (sulfide) groups is 1. The zero-order valence-electron chi connectivity index (χ0n) is 9.52. The molecule has 0 aliphatic carbocycles. The number of hydrogen-bond donors (Lipinski definition) is 3. The van der Waals surface area contributed by atoms with Crippen LogP contribution >= 0.6 is 23.1 Å². The molecule has 0 fully saturated rings. The fourth-order valence-electron chi connectivity index (χ4n) is 0.936. The van der Waals surface area contributed by atoms with E-state index in [0.717, 1.165) is 4.21 Å². The molecular formula is C9H14N4O2S2. The summed E-state index contributed by atoms with van der Waals surface area (Å²) >= 11 is 2.60. The lowest BCUT2D eigenvalue weighted by Crippen LogP contribution is -2.43. The van der Waals surface area contributed by atoms with Crippen LogP contribution in [-0.4, -0.2) is 28.7 Å². The van der Waals surface area contributed by atoms with Crippen molar-refractivity contribution in [1.29, 1.82) is 0 Å². The van der Waals surface area contributed by atoms with Crippen LogP contribution in [-0.2, 0) is 4.79 Å². The highest BCUT2D eigenvalue weighted by Gasteiger charge is 2.09. The van der Waals surface area contributed by atoms with Crippen LogP contribution in [0.1, 0.15) is 13.8 Å². The number of nitrogens with two attached hydrogens (primary N) is 1. The summed E-state index contributed by atoms with van der Waals surface area (Å²) in [6, 6.07) is -0.480. The predicted octanol–water partition coefficient (Wildman–Crippen LogP) is 1.05. The second-order valence-corrected chi connectivity index (χ2v) is 5.82. The Morgan fingerprint density at radius 3 is 2.82 bits per heavy atom. The van der Waals surface area contributed by atoms with Gasteiger partial charge in [0.2, 0.25) is 5.91 Å². The number of nitrogens with one attached hydrogen (secondary N) is 2. The number of carbonyl (C=O) groups is 2. The van der Waals surface area contributed by atoms with Gasteiger partial charge < -0.3 is 11.1 Å². The minimum Gasteiger partial charge on any atom is -0.375 e. The van der Waals surface area contributed by atoms with Crippen LogP contribution in [0, 0.1) is 0 Å². The molecule has 1 rings (SSSR count). The first kappa shape index (κ1) is 13.8. The minimum absolute atomic E-state index is 0.00301. The number of aromatic nitrogens is 1. The van der Waals surface area contributed by atoms with Crippen LogP contribution in [0.4, 0.5) is 9.93 Å². The monoisotopic (exact) mass is 274 g/mol. The zero-order valence-corrected chi connectivity index (χ0v) is 11.2. The van der Waals surface area contributed by atoms with Gasteiger partial charge in [0, 0.05) is 6.04 Å². The fraction of sp³-hybridized carbons (Fsp3) is 0.444. The van der Waals surface area contributed by atoms with Crippen molar-refractivity contribution in [2.75, 3.05) is 11.5 Å². The van der Waals surface area contributed by atoms with Crippen LogP contribution in [0.3, 0.4) is 0 Å². The number of hydrogen-bond acceptors (Lipinski definition) is 6. The average Bonchev–Trinajstić information content (AvgIpc) is 2.59. The fourth-order valence-corrected chi connectivity index (χ4v) is 2.49. The van der Waals surface area contributed by atoms with E-state index >= 15 is 0 Å². The van der Waals surface area contributed by atoms with E-state index in [-0.39, 0.29) is 17.7 Å². The van der Waals surface area contributed by atoms with E-state index in [1.54, 1.807) is 6.20 Å². The molecule has 0 aliphatic heterocycles. The average molecular weight is 274 g/mol. The molecule has 8 heteroatoms. The smallest absolute Gasteiger partial charge is 0.321 e. The molecule has 0 saturated carbocycles. The van der Waals surface area contributed by atoms with Gasteiger partial charge in [-0.2, -0.15) is 0 Å². The molecule has 1 aromatic heterocycles. The predicted molar refractivity (Wildman–Crippen MR) is 69.1 cm³/mol. The van der Waals surface area contributed by atoms with Gasteiger partial charge in [-0.15, -0.1) is 11.8 Å². The molecule has 0 unspecified atom stereocenters. The maximum Gasteiger partial charge on any atom is 0.321 e. The molecule has 17 heavy (non-hydrogen) atoms. The van der Waals surface area contributed by atoms with Gasteiger partial charge in [-0.05, 0) is 13.8 Å². The topological polar surface area (TPSA) is 97.1 Å². The van der Waals surface area contributed by atoms with Crippen molar-refractivity contribution < 1.29 is 9.59 Å². The first-order valence-electron chi connectivity index (χ1n) is 4.92. The number of anilines is 1. The zero-order chi connectivity index (χ0) is 12.8. The molecule has 3 amide bonds. The highest BCUT2D eigenvalue weighted by atomic mass is 32.2. The second kappa shape index (κ2) is 6.45. The highest BCUT2D eigenvalue weighted by Crippen LogP contribution is 2.25. The van der Waals surface area contributed by atoms with Gasteiger partial charge in [-0.3, -0.25) is 10.1 Å². The molecule has 0 spiro atoms. The SMILES string of the molecule is CC(C)NC(=O)NC(=O)CSc1cnc(N)s1. The Balaban J connectivity index is 2.28. The van der Waals surface area contributed by atoms with E-state index < -0.39 is 6.03 Å². The van der Waals surface area contributed by atoms with Crippen LogP contribution < -0.4 is 16.4 Å². The Bertz CT molecular complexity index is 405. The van der Waals surface area contributed by atoms with Crippen molar-refractivity contribution in [3.63, 3.8) is 0 Å². The third-order valence-corrected chi connectivity index (χ3v) is 3.54. The van der Waals surface area contributed by atoms with E-state index in [9.17, 15) is 9.59 Å². The molecule has 1 heterocycles. The van der Waals surface area contributed by atoms with Crippen molar-refractivity contribution in [3.05, 3.63) is 6.20 Å². The molecule has 0 bridgehead atoms. The Labute approximate surface area is 107 Å². The van der Waals surface area contributed by atoms with Crippen LogP contribution in [0.15, 0.2) is 10.4 Å².